The molecule has 4 nitrogen and oxygen atoms in total. The van der Waals surface area contributed by atoms with Crippen LogP contribution in [0.1, 0.15) is 0 Å². The third-order valence-electron chi connectivity index (χ3n) is 0. The molecular weight excluding hydrogens is 151 g/mol. The molecule has 1 radical (unpaired) electrons. The van der Waals surface area contributed by atoms with E-state index in [-0.39, 0.29) is 36.2 Å². The molecule has 0 bridgehead atoms. The van der Waals surface area contributed by atoms with Gasteiger partial charge in [0.2, 0.25) is 0 Å². The third kappa shape index (κ3) is 137. The van der Waals surface area contributed by atoms with Crippen molar-refractivity contribution in [3.8, 4) is 0 Å². The van der Waals surface area contributed by atoms with Crippen LogP contribution in [0.3, 0.4) is 0 Å². The zero-order chi connectivity index (χ0) is 4.50. The molecule has 0 aromatic heterocycles. The molecule has 0 saturated heterocycles. The summed E-state index contributed by atoms with van der Waals surface area (Å²) < 4.78 is 0. The summed E-state index contributed by atoms with van der Waals surface area (Å²) in [6, 6.07) is 0. The molecule has 0 aromatic rings. The van der Waals surface area contributed by atoms with Gasteiger partial charge in [-0.05, 0) is 0 Å². The fourth-order valence-corrected chi connectivity index (χ4v) is 0. The molecule has 7 heavy (non-hydrogen) atoms. The Morgan fingerprint density at radius 3 is 0.857 bits per heavy atom. The van der Waals surface area contributed by atoms with Crippen LogP contribution in [0.4, 0.5) is 0 Å². The largest absolute Gasteiger partial charge is 3.00 e. The van der Waals surface area contributed by atoms with Crippen molar-refractivity contribution in [2.24, 2.45) is 0 Å². The van der Waals surface area contributed by atoms with E-state index in [1.54, 1.807) is 0 Å². The van der Waals surface area contributed by atoms with E-state index in [0.717, 1.165) is 0 Å². The van der Waals surface area contributed by atoms with Crippen molar-refractivity contribution in [3.63, 3.8) is 0 Å². The van der Waals surface area contributed by atoms with Crippen LogP contribution in [0.15, 0.2) is 0 Å². The fourth-order valence-electron chi connectivity index (χ4n) is 0. The molecule has 0 aliphatic rings. The molecule has 0 aliphatic carbocycles. The molecule has 35 valence electrons. The predicted molar refractivity (Wildman–Crippen MR) is 5.75 cm³/mol. The minimum atomic E-state index is -5.61. The SMILES string of the molecule is [Cr+3].[Li+].[O-][Si]([O-])([O-])[O-]. The average molecular weight is 151 g/mol. The Balaban J connectivity index is -0.0000000800. The van der Waals surface area contributed by atoms with Crippen molar-refractivity contribution in [3.05, 3.63) is 0 Å². The first-order valence-corrected chi connectivity index (χ1v) is 2.45. The number of rotatable bonds is 0. The maximum absolute atomic E-state index is 8.58. The molecule has 0 rings (SSSR count). The van der Waals surface area contributed by atoms with Gasteiger partial charge in [0.15, 0.2) is 0 Å². The molecule has 0 fully saturated rings. The molecule has 0 amide bonds. The van der Waals surface area contributed by atoms with Crippen LogP contribution in [0, 0.1) is 0 Å². The maximum Gasteiger partial charge on any atom is 3.00 e. The summed E-state index contributed by atoms with van der Waals surface area (Å²) in [4.78, 5) is 34.3. The van der Waals surface area contributed by atoms with Gasteiger partial charge in [0.1, 0.15) is 0 Å². The van der Waals surface area contributed by atoms with Gasteiger partial charge in [-0.15, -0.1) is 0 Å². The standard InChI is InChI=1S/Cr.Li.O4Si/c;;1-5(2,3)4/q+3;+1;-4. The minimum Gasteiger partial charge on any atom is -0.894 e. The first-order chi connectivity index (χ1) is 2.00. The third-order valence-corrected chi connectivity index (χ3v) is 0. The molecule has 0 aromatic carbocycles. The zero-order valence-electron chi connectivity index (χ0n) is 3.54. The Bertz CT molecular complexity index is 27.2. The van der Waals surface area contributed by atoms with Crippen LogP contribution in [-0.4, -0.2) is 9.05 Å². The van der Waals surface area contributed by atoms with Gasteiger partial charge in [0.05, 0.1) is 0 Å². The van der Waals surface area contributed by atoms with Crippen LogP contribution >= 0.6 is 0 Å². The number of hydrogen-bond donors (Lipinski definition) is 0. The maximum atomic E-state index is 8.58. The van der Waals surface area contributed by atoms with Crippen LogP contribution < -0.4 is 38.0 Å². The first-order valence-electron chi connectivity index (χ1n) is 0.816. The zero-order valence-corrected chi connectivity index (χ0v) is 5.82. The molecule has 0 spiro atoms. The summed E-state index contributed by atoms with van der Waals surface area (Å²) in [6.45, 7) is 0. The molecule has 0 heterocycles. The van der Waals surface area contributed by atoms with Crippen molar-refractivity contribution in [1.82, 2.24) is 0 Å². The topological polar surface area (TPSA) is 92.2 Å². The van der Waals surface area contributed by atoms with Gasteiger partial charge in [-0.1, -0.05) is 0 Å². The minimum absolute atomic E-state index is 0. The van der Waals surface area contributed by atoms with E-state index >= 15 is 0 Å². The summed E-state index contributed by atoms with van der Waals surface area (Å²) in [5.74, 6) is 0. The monoisotopic (exact) mass is 151 g/mol. The predicted octanol–water partition coefficient (Wildman–Crippen LogP) is -8.14. The van der Waals surface area contributed by atoms with Crippen molar-refractivity contribution >= 4 is 9.05 Å². The molecule has 0 N–H and O–H groups in total. The van der Waals surface area contributed by atoms with Gasteiger partial charge in [-0.3, -0.25) is 0 Å². The molecule has 7 heteroatoms. The van der Waals surface area contributed by atoms with Crippen LogP contribution in [0.5, 0.6) is 0 Å². The van der Waals surface area contributed by atoms with E-state index in [1.807, 2.05) is 0 Å². The normalized spacial score (nSPS) is 8.57. The van der Waals surface area contributed by atoms with E-state index in [9.17, 15) is 0 Å². The number of hydrogen-bond acceptors (Lipinski definition) is 4. The van der Waals surface area contributed by atoms with E-state index in [2.05, 4.69) is 0 Å². The molecule has 0 saturated carbocycles. The first kappa shape index (κ1) is 15.7. The van der Waals surface area contributed by atoms with Crippen molar-refractivity contribution < 1.29 is 55.4 Å². The summed E-state index contributed by atoms with van der Waals surface area (Å²) in [7, 11) is -5.61. The summed E-state index contributed by atoms with van der Waals surface area (Å²) in [5.41, 5.74) is 0. The van der Waals surface area contributed by atoms with Gasteiger partial charge in [0.25, 0.3) is 0 Å². The summed E-state index contributed by atoms with van der Waals surface area (Å²) >= 11 is 0. The fraction of sp³-hybridized carbons (Fsp3) is 0. The average Bonchev–Trinajstić information content (AvgIpc) is 0.722. The van der Waals surface area contributed by atoms with Crippen LogP contribution in [-0.2, 0) is 17.4 Å². The molecule has 0 atom stereocenters. The van der Waals surface area contributed by atoms with Crippen molar-refractivity contribution in [1.29, 1.82) is 0 Å². The van der Waals surface area contributed by atoms with Crippen molar-refractivity contribution in [2.45, 2.75) is 0 Å². The summed E-state index contributed by atoms with van der Waals surface area (Å²) in [6.07, 6.45) is 0. The smallest absolute Gasteiger partial charge is 0.894 e. The Hall–Kier alpha value is 1.19. The second-order valence-electron chi connectivity index (χ2n) is 0.500. The van der Waals surface area contributed by atoms with Gasteiger partial charge >= 0.3 is 36.2 Å². The Morgan fingerprint density at radius 1 is 0.857 bits per heavy atom. The van der Waals surface area contributed by atoms with Gasteiger partial charge in [-0.2, -0.15) is 0 Å². The molecule has 0 unspecified atom stereocenters. The van der Waals surface area contributed by atoms with Crippen molar-refractivity contribution in [2.75, 3.05) is 0 Å². The van der Waals surface area contributed by atoms with Gasteiger partial charge in [-0.25, -0.2) is 0 Å². The Labute approximate surface area is 64.6 Å². The molecule has 0 aliphatic heterocycles. The quantitative estimate of drug-likeness (QED) is 0.321. The second-order valence-corrected chi connectivity index (χ2v) is 1.50. The van der Waals surface area contributed by atoms with E-state index in [1.165, 1.54) is 0 Å². The van der Waals surface area contributed by atoms with Gasteiger partial charge < -0.3 is 28.2 Å². The van der Waals surface area contributed by atoms with Crippen LogP contribution in [0.2, 0.25) is 0 Å². The summed E-state index contributed by atoms with van der Waals surface area (Å²) in [5, 5.41) is 0. The van der Waals surface area contributed by atoms with Gasteiger partial charge in [0, 0.05) is 0 Å². The second kappa shape index (κ2) is 5.33. The van der Waals surface area contributed by atoms with E-state index < -0.39 is 9.05 Å². The van der Waals surface area contributed by atoms with Crippen LogP contribution in [0.25, 0.3) is 0 Å². The Morgan fingerprint density at radius 2 is 0.857 bits per heavy atom. The van der Waals surface area contributed by atoms with E-state index in [0.29, 0.717) is 0 Å². The van der Waals surface area contributed by atoms with E-state index in [4.69, 9.17) is 19.2 Å². The Kier molecular flexibility index (Phi) is 12.0. The molecular formula is CrLiO4Si.